The van der Waals surface area contributed by atoms with Gasteiger partial charge in [-0.1, -0.05) is 18.2 Å². The third-order valence-electron chi connectivity index (χ3n) is 6.87. The van der Waals surface area contributed by atoms with Gasteiger partial charge in [-0.2, -0.15) is 5.26 Å². The van der Waals surface area contributed by atoms with Crippen molar-refractivity contribution in [3.05, 3.63) is 59.4 Å². The Morgan fingerprint density at radius 1 is 1.07 bits per heavy atom. The minimum Gasteiger partial charge on any atom is -0.399 e. The van der Waals surface area contributed by atoms with Crippen LogP contribution in [0.1, 0.15) is 24.8 Å². The zero-order valence-corrected chi connectivity index (χ0v) is 22.9. The number of hydrogen-bond acceptors (Lipinski definition) is 10. The van der Waals surface area contributed by atoms with Crippen LogP contribution in [0.4, 0.5) is 5.69 Å². The van der Waals surface area contributed by atoms with Gasteiger partial charge in [0.2, 0.25) is 0 Å². The Labute approximate surface area is 234 Å². The number of amides is 1. The number of carbonyl (C=O) groups is 1. The summed E-state index contributed by atoms with van der Waals surface area (Å²) in [7, 11) is 2.53. The second-order valence-corrected chi connectivity index (χ2v) is 9.70. The number of nitriles is 1. The van der Waals surface area contributed by atoms with Crippen LogP contribution in [0, 0.1) is 11.3 Å². The largest absolute Gasteiger partial charge is 0.399 e. The highest BCUT2D eigenvalue weighted by atomic mass is 16.6. The third-order valence-corrected chi connectivity index (χ3v) is 6.87. The lowest BCUT2D eigenvalue weighted by Crippen LogP contribution is -2.49. The quantitative estimate of drug-likeness (QED) is 0.119. The Morgan fingerprint density at radius 2 is 1.77 bits per heavy atom. The molecule has 1 fully saturated rings. The van der Waals surface area contributed by atoms with E-state index < -0.39 is 30.5 Å². The summed E-state index contributed by atoms with van der Waals surface area (Å²) in [6.07, 6.45) is 1.19. The van der Waals surface area contributed by atoms with E-state index in [0.29, 0.717) is 0 Å². The summed E-state index contributed by atoms with van der Waals surface area (Å²) in [4.78, 5) is 15.0. The SMILES string of the molecule is COC(O)C(O)C(O)C(CN/C=C(\N)CNC(=O)/C(C#N)=C/c1ccc2cc(N3CCCCC3)ccc2c1)OC. The highest BCUT2D eigenvalue weighted by Gasteiger charge is 2.31. The van der Waals surface area contributed by atoms with E-state index in [2.05, 4.69) is 38.5 Å². The molecule has 3 rings (SSSR count). The molecule has 4 unspecified atom stereocenters. The average molecular weight is 554 g/mol. The maximum absolute atomic E-state index is 12.6. The molecule has 2 aromatic carbocycles. The molecule has 1 saturated heterocycles. The standard InChI is InChI=1S/C29H39N5O6/c1-39-25(26(35)27(36)29(38)40-2)18-32-16-23(31)17-33-28(37)22(15-30)13-19-6-7-21-14-24(9-8-20(21)12-19)34-10-4-3-5-11-34/h6-9,12-14,16,25-27,29,32,35-36,38H,3-5,10-11,17-18,31H2,1-2H3,(H,33,37)/b22-13+,23-16-. The second kappa shape index (κ2) is 15.2. The van der Waals surface area contributed by atoms with Gasteiger partial charge in [-0.05, 0) is 59.9 Å². The molecule has 1 aliphatic rings. The number of rotatable bonds is 13. The first-order valence-electron chi connectivity index (χ1n) is 13.2. The van der Waals surface area contributed by atoms with Crippen LogP contribution in [0.5, 0.6) is 0 Å². The fraction of sp³-hybridized carbons (Fsp3) is 0.448. The molecule has 4 atom stereocenters. The fourth-order valence-electron chi connectivity index (χ4n) is 4.51. The molecule has 1 aliphatic heterocycles. The monoisotopic (exact) mass is 553 g/mol. The molecule has 0 radical (unpaired) electrons. The van der Waals surface area contributed by atoms with Gasteiger partial charge in [0.05, 0.1) is 6.54 Å². The van der Waals surface area contributed by atoms with Crippen molar-refractivity contribution in [1.82, 2.24) is 10.6 Å². The summed E-state index contributed by atoms with van der Waals surface area (Å²) in [5.74, 6) is -0.568. The van der Waals surface area contributed by atoms with E-state index in [1.807, 2.05) is 24.3 Å². The van der Waals surface area contributed by atoms with Gasteiger partial charge in [-0.25, -0.2) is 0 Å². The van der Waals surface area contributed by atoms with Crippen LogP contribution in [-0.4, -0.2) is 86.2 Å². The summed E-state index contributed by atoms with van der Waals surface area (Å²) >= 11 is 0. The molecule has 0 spiro atoms. The molecule has 11 heteroatoms. The second-order valence-electron chi connectivity index (χ2n) is 9.70. The van der Waals surface area contributed by atoms with Gasteiger partial charge in [0.1, 0.15) is 30.0 Å². The number of methoxy groups -OCH3 is 2. The fourth-order valence-corrected chi connectivity index (χ4v) is 4.51. The van der Waals surface area contributed by atoms with Crippen molar-refractivity contribution in [2.75, 3.05) is 45.3 Å². The molecular weight excluding hydrogens is 514 g/mol. The van der Waals surface area contributed by atoms with Crippen molar-refractivity contribution in [3.63, 3.8) is 0 Å². The molecule has 1 heterocycles. The normalized spacial score (nSPS) is 17.6. The maximum Gasteiger partial charge on any atom is 0.262 e. The Morgan fingerprint density at radius 3 is 2.45 bits per heavy atom. The smallest absolute Gasteiger partial charge is 0.262 e. The topological polar surface area (TPSA) is 173 Å². The zero-order valence-electron chi connectivity index (χ0n) is 22.9. The predicted molar refractivity (Wildman–Crippen MR) is 153 cm³/mol. The molecule has 40 heavy (non-hydrogen) atoms. The van der Waals surface area contributed by atoms with Crippen LogP contribution in [0.2, 0.25) is 0 Å². The van der Waals surface area contributed by atoms with Gasteiger partial charge in [-0.3, -0.25) is 4.79 Å². The minimum absolute atomic E-state index is 0.0347. The molecule has 11 nitrogen and oxygen atoms in total. The number of carbonyl (C=O) groups excluding carboxylic acids is 1. The van der Waals surface area contributed by atoms with E-state index in [0.717, 1.165) is 29.4 Å². The van der Waals surface area contributed by atoms with Crippen molar-refractivity contribution in [1.29, 1.82) is 5.26 Å². The van der Waals surface area contributed by atoms with Crippen LogP contribution in [0.3, 0.4) is 0 Å². The van der Waals surface area contributed by atoms with Crippen LogP contribution in [0.25, 0.3) is 16.8 Å². The molecule has 0 aliphatic carbocycles. The molecule has 0 aromatic heterocycles. The highest BCUT2D eigenvalue weighted by molar-refractivity contribution is 6.02. The van der Waals surface area contributed by atoms with Gasteiger partial charge in [0.15, 0.2) is 6.29 Å². The Bertz CT molecular complexity index is 1240. The summed E-state index contributed by atoms with van der Waals surface area (Å²) in [5, 5.41) is 46.7. The molecule has 7 N–H and O–H groups in total. The lowest BCUT2D eigenvalue weighted by Gasteiger charge is -2.29. The number of hydrogen-bond donors (Lipinski definition) is 6. The number of benzene rings is 2. The van der Waals surface area contributed by atoms with Gasteiger partial charge in [0, 0.05) is 51.4 Å². The molecule has 0 saturated carbocycles. The highest BCUT2D eigenvalue weighted by Crippen LogP contribution is 2.26. The van der Waals surface area contributed by atoms with Crippen LogP contribution >= 0.6 is 0 Å². The Hall–Kier alpha value is -3.66. The molecule has 0 bridgehead atoms. The van der Waals surface area contributed by atoms with E-state index in [1.54, 1.807) is 0 Å². The number of aliphatic hydroxyl groups excluding tert-OH is 3. The van der Waals surface area contributed by atoms with Crippen molar-refractivity contribution < 1.29 is 29.6 Å². The molecule has 2 aromatic rings. The van der Waals surface area contributed by atoms with Crippen molar-refractivity contribution in [3.8, 4) is 6.07 Å². The van der Waals surface area contributed by atoms with Crippen LogP contribution in [-0.2, 0) is 14.3 Å². The predicted octanol–water partition coefficient (Wildman–Crippen LogP) is 0.945. The van der Waals surface area contributed by atoms with Gasteiger partial charge >= 0.3 is 0 Å². The first kappa shape index (κ1) is 30.9. The number of aliphatic hydroxyl groups is 3. The number of fused-ring (bicyclic) bond motifs is 1. The average Bonchev–Trinajstić information content (AvgIpc) is 2.99. The third kappa shape index (κ3) is 8.42. The number of nitrogens with one attached hydrogen (secondary N) is 2. The number of nitrogens with two attached hydrogens (primary N) is 1. The molecule has 1 amide bonds. The van der Waals surface area contributed by atoms with Crippen molar-refractivity contribution in [2.45, 2.75) is 43.9 Å². The number of ether oxygens (including phenoxy) is 2. The van der Waals surface area contributed by atoms with Crippen LogP contribution in [0.15, 0.2) is 53.9 Å². The lowest BCUT2D eigenvalue weighted by atomic mass is 10.0. The van der Waals surface area contributed by atoms with Crippen LogP contribution < -0.4 is 21.3 Å². The van der Waals surface area contributed by atoms with E-state index in [4.69, 9.17) is 10.5 Å². The Kier molecular flexibility index (Phi) is 11.7. The first-order chi connectivity index (χ1) is 19.3. The molecule has 216 valence electrons. The number of anilines is 1. The summed E-state index contributed by atoms with van der Waals surface area (Å²) in [6, 6.07) is 14.1. The summed E-state index contributed by atoms with van der Waals surface area (Å²) < 4.78 is 9.75. The summed E-state index contributed by atoms with van der Waals surface area (Å²) in [5.41, 5.74) is 8.09. The summed E-state index contributed by atoms with van der Waals surface area (Å²) in [6.45, 7) is 2.16. The molecular formula is C29H39N5O6. The van der Waals surface area contributed by atoms with E-state index in [9.17, 15) is 25.4 Å². The lowest BCUT2D eigenvalue weighted by molar-refractivity contribution is -0.192. The van der Waals surface area contributed by atoms with E-state index in [-0.39, 0.29) is 24.4 Å². The Balaban J connectivity index is 1.56. The van der Waals surface area contributed by atoms with Crippen molar-refractivity contribution in [2.24, 2.45) is 5.73 Å². The van der Waals surface area contributed by atoms with Gasteiger partial charge in [-0.15, -0.1) is 0 Å². The first-order valence-corrected chi connectivity index (χ1v) is 13.2. The van der Waals surface area contributed by atoms with E-state index >= 15 is 0 Å². The van der Waals surface area contributed by atoms with Crippen molar-refractivity contribution >= 4 is 28.4 Å². The van der Waals surface area contributed by atoms with Gasteiger partial charge < -0.3 is 46.1 Å². The zero-order chi connectivity index (χ0) is 29.1. The van der Waals surface area contributed by atoms with E-state index in [1.165, 1.54) is 51.4 Å². The number of piperidine rings is 1. The minimum atomic E-state index is -1.58. The van der Waals surface area contributed by atoms with Gasteiger partial charge in [0.25, 0.3) is 5.91 Å². The number of nitrogens with zero attached hydrogens (tertiary/aromatic N) is 2. The maximum atomic E-state index is 12.6.